The van der Waals surface area contributed by atoms with Gasteiger partial charge in [0.05, 0.1) is 27.9 Å². The molecular weight excluding hydrogens is 467 g/mol. The summed E-state index contributed by atoms with van der Waals surface area (Å²) in [7, 11) is 0. The Morgan fingerprint density at radius 1 is 1.23 bits per heavy atom. The lowest BCUT2D eigenvalue weighted by Crippen LogP contribution is -2.14. The third-order valence-electron chi connectivity index (χ3n) is 4.06. The third kappa shape index (κ3) is 4.82. The Labute approximate surface area is 191 Å². The van der Waals surface area contributed by atoms with Crippen LogP contribution in [0.2, 0.25) is 15.1 Å². The second-order valence-electron chi connectivity index (χ2n) is 6.08. The molecule has 0 saturated heterocycles. The van der Waals surface area contributed by atoms with E-state index in [1.165, 1.54) is 23.5 Å². The van der Waals surface area contributed by atoms with Gasteiger partial charge in [0.15, 0.2) is 0 Å². The zero-order valence-electron chi connectivity index (χ0n) is 15.7. The number of thiazole rings is 1. The topological polar surface area (TPSA) is 72.8 Å². The normalized spacial score (nSPS) is 12.3. The van der Waals surface area contributed by atoms with Gasteiger partial charge in [-0.3, -0.25) is 15.1 Å². The minimum absolute atomic E-state index is 0.0628. The van der Waals surface area contributed by atoms with Gasteiger partial charge in [-0.25, -0.2) is 4.68 Å². The maximum atomic E-state index is 11.2. The van der Waals surface area contributed by atoms with E-state index in [2.05, 4.69) is 16.7 Å². The molecule has 1 aromatic heterocycles. The standard InChI is InChI=1S/C20H15Cl3N4O2S/c1-3-8-24-20-26(19(11-30-20)15-10-14(21)5-7-16(15)22)25-12(2)13-4-6-17(23)18(9-13)27(28)29/h3-7,9-11H,1,8H2,2H3. The highest BCUT2D eigenvalue weighted by atomic mass is 35.5. The Kier molecular flexibility index (Phi) is 7.10. The van der Waals surface area contributed by atoms with Crippen molar-refractivity contribution in [2.24, 2.45) is 10.1 Å². The van der Waals surface area contributed by atoms with Gasteiger partial charge in [0, 0.05) is 27.6 Å². The number of nitrogens with zero attached hydrogens (tertiary/aromatic N) is 4. The molecule has 3 aromatic rings. The van der Waals surface area contributed by atoms with Gasteiger partial charge in [0.2, 0.25) is 4.80 Å². The highest BCUT2D eigenvalue weighted by molar-refractivity contribution is 7.07. The fraction of sp³-hybridized carbons (Fsp3) is 0.100. The van der Waals surface area contributed by atoms with E-state index in [1.54, 1.807) is 41.9 Å². The van der Waals surface area contributed by atoms with E-state index in [9.17, 15) is 10.1 Å². The molecule has 1 heterocycles. The van der Waals surface area contributed by atoms with Crippen LogP contribution in [0.15, 0.2) is 64.5 Å². The molecule has 10 heteroatoms. The summed E-state index contributed by atoms with van der Waals surface area (Å²) in [5, 5.41) is 18.9. The van der Waals surface area contributed by atoms with Crippen LogP contribution in [0.25, 0.3) is 11.3 Å². The zero-order chi connectivity index (χ0) is 21.8. The van der Waals surface area contributed by atoms with E-state index in [1.807, 2.05) is 5.38 Å². The van der Waals surface area contributed by atoms with E-state index >= 15 is 0 Å². The Morgan fingerprint density at radius 3 is 2.67 bits per heavy atom. The molecule has 30 heavy (non-hydrogen) atoms. The summed E-state index contributed by atoms with van der Waals surface area (Å²) in [5.74, 6) is 0. The number of benzene rings is 2. The second kappa shape index (κ2) is 9.57. The maximum absolute atomic E-state index is 11.2. The molecule has 0 radical (unpaired) electrons. The first-order valence-electron chi connectivity index (χ1n) is 8.59. The fourth-order valence-electron chi connectivity index (χ4n) is 2.61. The van der Waals surface area contributed by atoms with Crippen molar-refractivity contribution >= 4 is 57.5 Å². The van der Waals surface area contributed by atoms with Crippen LogP contribution < -0.4 is 4.80 Å². The largest absolute Gasteiger partial charge is 0.288 e. The van der Waals surface area contributed by atoms with Crippen molar-refractivity contribution in [3.63, 3.8) is 0 Å². The molecule has 0 amide bonds. The summed E-state index contributed by atoms with van der Waals surface area (Å²) < 4.78 is 1.64. The van der Waals surface area contributed by atoms with Gasteiger partial charge in [-0.05, 0) is 31.2 Å². The van der Waals surface area contributed by atoms with Gasteiger partial charge >= 0.3 is 0 Å². The molecule has 0 aliphatic rings. The molecule has 0 saturated carbocycles. The Morgan fingerprint density at radius 2 is 1.97 bits per heavy atom. The first kappa shape index (κ1) is 22.2. The van der Waals surface area contributed by atoms with Crippen LogP contribution in [0.3, 0.4) is 0 Å². The smallest absolute Gasteiger partial charge is 0.258 e. The summed E-state index contributed by atoms with van der Waals surface area (Å²) in [6.07, 6.45) is 1.68. The summed E-state index contributed by atoms with van der Waals surface area (Å²) in [4.78, 5) is 15.8. The van der Waals surface area contributed by atoms with E-state index < -0.39 is 4.92 Å². The van der Waals surface area contributed by atoms with Gasteiger partial charge in [-0.1, -0.05) is 46.9 Å². The Bertz CT molecular complexity index is 1230. The molecule has 0 atom stereocenters. The SMILES string of the molecule is C=CCN=c1scc(-c2cc(Cl)ccc2Cl)n1N=C(C)c1ccc(Cl)c([N+](=O)[O-])c1. The average Bonchev–Trinajstić information content (AvgIpc) is 3.10. The van der Waals surface area contributed by atoms with Gasteiger partial charge in [0.1, 0.15) is 5.02 Å². The summed E-state index contributed by atoms with van der Waals surface area (Å²) in [5.41, 5.74) is 2.29. The minimum Gasteiger partial charge on any atom is -0.258 e. The zero-order valence-corrected chi connectivity index (χ0v) is 18.8. The summed E-state index contributed by atoms with van der Waals surface area (Å²) in [6, 6.07) is 9.70. The van der Waals surface area contributed by atoms with Crippen LogP contribution in [0.4, 0.5) is 5.69 Å². The number of halogens is 3. The lowest BCUT2D eigenvalue weighted by molar-refractivity contribution is -0.384. The number of aromatic nitrogens is 1. The van der Waals surface area contributed by atoms with Crippen LogP contribution in [0.1, 0.15) is 12.5 Å². The summed E-state index contributed by atoms with van der Waals surface area (Å²) >= 11 is 19.9. The van der Waals surface area contributed by atoms with Crippen molar-refractivity contribution in [2.75, 3.05) is 6.54 Å². The molecular formula is C20H15Cl3N4O2S. The van der Waals surface area contributed by atoms with Gasteiger partial charge < -0.3 is 0 Å². The van der Waals surface area contributed by atoms with Gasteiger partial charge in [0.25, 0.3) is 5.69 Å². The highest BCUT2D eigenvalue weighted by Crippen LogP contribution is 2.31. The Balaban J connectivity index is 2.20. The fourth-order valence-corrected chi connectivity index (χ4v) is 4.02. The highest BCUT2D eigenvalue weighted by Gasteiger charge is 2.16. The predicted molar refractivity (Wildman–Crippen MR) is 124 cm³/mol. The van der Waals surface area contributed by atoms with Gasteiger partial charge in [-0.2, -0.15) is 5.10 Å². The van der Waals surface area contributed by atoms with Crippen molar-refractivity contribution in [2.45, 2.75) is 6.92 Å². The quantitative estimate of drug-likeness (QED) is 0.176. The first-order chi connectivity index (χ1) is 14.3. The van der Waals surface area contributed by atoms with Crippen molar-refractivity contribution in [1.29, 1.82) is 0 Å². The number of hydrogen-bond acceptors (Lipinski definition) is 5. The van der Waals surface area contributed by atoms with E-state index in [0.717, 1.165) is 0 Å². The number of nitro groups is 1. The molecule has 6 nitrogen and oxygen atoms in total. The molecule has 0 aliphatic carbocycles. The molecule has 154 valence electrons. The minimum atomic E-state index is -0.529. The number of hydrogen-bond donors (Lipinski definition) is 0. The molecule has 0 unspecified atom stereocenters. The van der Waals surface area contributed by atoms with Crippen molar-refractivity contribution in [3.05, 3.63) is 90.0 Å². The lowest BCUT2D eigenvalue weighted by atomic mass is 10.1. The van der Waals surface area contributed by atoms with E-state index in [0.29, 0.717) is 43.9 Å². The number of rotatable bonds is 6. The Hall–Kier alpha value is -2.45. The van der Waals surface area contributed by atoms with Crippen LogP contribution in [0.5, 0.6) is 0 Å². The molecule has 0 fully saturated rings. The van der Waals surface area contributed by atoms with Crippen molar-refractivity contribution < 1.29 is 4.92 Å². The van der Waals surface area contributed by atoms with Crippen LogP contribution >= 0.6 is 46.1 Å². The molecule has 2 aromatic carbocycles. The van der Waals surface area contributed by atoms with Crippen molar-refractivity contribution in [1.82, 2.24) is 4.68 Å². The van der Waals surface area contributed by atoms with Crippen molar-refractivity contribution in [3.8, 4) is 11.3 Å². The molecule has 3 rings (SSSR count). The molecule has 0 bridgehead atoms. The monoisotopic (exact) mass is 480 g/mol. The number of nitro benzene ring substituents is 1. The molecule has 0 aliphatic heterocycles. The second-order valence-corrected chi connectivity index (χ2v) is 8.16. The van der Waals surface area contributed by atoms with Gasteiger partial charge in [-0.15, -0.1) is 17.9 Å². The lowest BCUT2D eigenvalue weighted by Gasteiger charge is -2.08. The van der Waals surface area contributed by atoms with Crippen LogP contribution in [-0.2, 0) is 0 Å². The van der Waals surface area contributed by atoms with E-state index in [4.69, 9.17) is 34.8 Å². The predicted octanol–water partition coefficient (Wildman–Crippen LogP) is 6.44. The first-order valence-corrected chi connectivity index (χ1v) is 10.6. The van der Waals surface area contributed by atoms with E-state index in [-0.39, 0.29) is 10.7 Å². The average molecular weight is 482 g/mol. The van der Waals surface area contributed by atoms with Crippen LogP contribution in [0, 0.1) is 10.1 Å². The molecule has 0 N–H and O–H groups in total. The summed E-state index contributed by atoms with van der Waals surface area (Å²) in [6.45, 7) is 5.85. The molecule has 0 spiro atoms. The maximum Gasteiger partial charge on any atom is 0.288 e. The third-order valence-corrected chi connectivity index (χ3v) is 5.79. The van der Waals surface area contributed by atoms with Crippen LogP contribution in [-0.4, -0.2) is 21.9 Å².